The average Bonchev–Trinajstić information content (AvgIpc) is 3.66. The lowest BCUT2D eigenvalue weighted by molar-refractivity contribution is -0.121. The predicted octanol–water partition coefficient (Wildman–Crippen LogP) is 6.79. The standard InChI is InChI=1S/C41H58N6O6/c1-30-39(31(2)53-45-30)33-15-18-36-35(29-33)44-37(47(36)23-22-46-24-27-50-28-25-46)19-14-32-12-16-34(17-13-32)51-26-21-42-38(48)11-9-7-6-8-10-20-43-40(49)52-41(3,4)5/h12-13,15-18,29H,6-11,14,19-28H2,1-5H3,(H,42,48)(H,43,49). The summed E-state index contributed by atoms with van der Waals surface area (Å²) in [5.41, 5.74) is 5.84. The molecule has 2 aromatic carbocycles. The number of nitrogens with zero attached hydrogens (tertiary/aromatic N) is 4. The van der Waals surface area contributed by atoms with Crippen LogP contribution in [0.15, 0.2) is 47.0 Å². The predicted molar refractivity (Wildman–Crippen MR) is 206 cm³/mol. The molecule has 1 fully saturated rings. The summed E-state index contributed by atoms with van der Waals surface area (Å²) in [6, 6.07) is 14.7. The number of unbranched alkanes of at least 4 members (excludes halogenated alkanes) is 4. The van der Waals surface area contributed by atoms with Crippen LogP contribution in [0.2, 0.25) is 0 Å². The summed E-state index contributed by atoms with van der Waals surface area (Å²) >= 11 is 0. The van der Waals surface area contributed by atoms with Crippen molar-refractivity contribution in [2.45, 2.75) is 98.1 Å². The molecule has 0 radical (unpaired) electrons. The number of benzene rings is 2. The van der Waals surface area contributed by atoms with Gasteiger partial charge in [0.2, 0.25) is 5.91 Å². The van der Waals surface area contributed by atoms with Crippen molar-refractivity contribution in [2.75, 3.05) is 52.5 Å². The molecule has 12 nitrogen and oxygen atoms in total. The highest BCUT2D eigenvalue weighted by molar-refractivity contribution is 5.83. The first kappa shape index (κ1) is 39.8. The summed E-state index contributed by atoms with van der Waals surface area (Å²) in [6.07, 6.45) is 6.58. The van der Waals surface area contributed by atoms with Crippen LogP contribution >= 0.6 is 0 Å². The van der Waals surface area contributed by atoms with Gasteiger partial charge in [0.1, 0.15) is 29.5 Å². The van der Waals surface area contributed by atoms with E-state index in [1.165, 1.54) is 5.56 Å². The summed E-state index contributed by atoms with van der Waals surface area (Å²) in [5, 5.41) is 9.89. The molecule has 2 N–H and O–H groups in total. The van der Waals surface area contributed by atoms with Crippen molar-refractivity contribution in [3.8, 4) is 16.9 Å². The first-order valence-electron chi connectivity index (χ1n) is 19.2. The van der Waals surface area contributed by atoms with Gasteiger partial charge in [0.25, 0.3) is 0 Å². The second kappa shape index (κ2) is 19.6. The third-order valence-corrected chi connectivity index (χ3v) is 9.40. The molecule has 2 amide bonds. The number of carbonyl (C=O) groups excluding carboxylic acids is 2. The molecule has 0 saturated carbocycles. The summed E-state index contributed by atoms with van der Waals surface area (Å²) in [7, 11) is 0. The summed E-state index contributed by atoms with van der Waals surface area (Å²) in [6.45, 7) is 16.3. The van der Waals surface area contributed by atoms with Crippen LogP contribution in [-0.2, 0) is 33.7 Å². The summed E-state index contributed by atoms with van der Waals surface area (Å²) in [5.74, 6) is 2.72. The average molecular weight is 731 g/mol. The number of nitrogens with one attached hydrogen (secondary N) is 2. The van der Waals surface area contributed by atoms with Crippen LogP contribution in [0.25, 0.3) is 22.2 Å². The number of imidazole rings is 1. The van der Waals surface area contributed by atoms with Crippen molar-refractivity contribution in [2.24, 2.45) is 0 Å². The van der Waals surface area contributed by atoms with E-state index in [0.29, 0.717) is 26.1 Å². The number of hydrogen-bond acceptors (Lipinski definition) is 9. The molecule has 288 valence electrons. The minimum atomic E-state index is -0.484. The van der Waals surface area contributed by atoms with E-state index in [1.54, 1.807) is 0 Å². The molecular formula is C41H58N6O6. The molecule has 0 aliphatic carbocycles. The zero-order valence-corrected chi connectivity index (χ0v) is 32.3. The van der Waals surface area contributed by atoms with Gasteiger partial charge in [-0.2, -0.15) is 0 Å². The Hall–Kier alpha value is -4.42. The highest BCUT2D eigenvalue weighted by atomic mass is 16.6. The van der Waals surface area contributed by atoms with Crippen LogP contribution in [0, 0.1) is 13.8 Å². The third-order valence-electron chi connectivity index (χ3n) is 9.40. The van der Waals surface area contributed by atoms with E-state index >= 15 is 0 Å². The number of hydrogen-bond donors (Lipinski definition) is 2. The second-order valence-corrected chi connectivity index (χ2v) is 14.8. The molecule has 1 aliphatic rings. The van der Waals surface area contributed by atoms with Crippen molar-refractivity contribution in [1.29, 1.82) is 0 Å². The minimum Gasteiger partial charge on any atom is -0.492 e. The third kappa shape index (κ3) is 12.6. The fourth-order valence-electron chi connectivity index (χ4n) is 6.64. The topological polar surface area (TPSA) is 133 Å². The first-order valence-corrected chi connectivity index (χ1v) is 19.2. The number of morpholine rings is 1. The van der Waals surface area contributed by atoms with E-state index in [1.807, 2.05) is 46.8 Å². The molecule has 12 heteroatoms. The van der Waals surface area contributed by atoms with E-state index in [9.17, 15) is 9.59 Å². The van der Waals surface area contributed by atoms with Gasteiger partial charge in [0.05, 0.1) is 36.5 Å². The smallest absolute Gasteiger partial charge is 0.407 e. The maximum absolute atomic E-state index is 12.3. The molecule has 4 aromatic rings. The fourth-order valence-corrected chi connectivity index (χ4v) is 6.64. The van der Waals surface area contributed by atoms with Crippen LogP contribution in [0.1, 0.15) is 82.1 Å². The fraction of sp³-hybridized carbons (Fsp3) is 0.561. The highest BCUT2D eigenvalue weighted by Crippen LogP contribution is 2.30. The number of aromatic nitrogens is 3. The zero-order valence-electron chi connectivity index (χ0n) is 32.3. The number of fused-ring (bicyclic) bond motifs is 1. The van der Waals surface area contributed by atoms with Gasteiger partial charge < -0.3 is 33.9 Å². The van der Waals surface area contributed by atoms with E-state index in [0.717, 1.165) is 130 Å². The quantitative estimate of drug-likeness (QED) is 0.100. The Labute approximate surface area is 313 Å². The molecule has 1 aliphatic heterocycles. The normalized spacial score (nSPS) is 13.7. The Balaban J connectivity index is 1.03. The van der Waals surface area contributed by atoms with Crippen molar-refractivity contribution >= 4 is 23.0 Å². The number of aryl methyl sites for hydroxylation is 4. The van der Waals surface area contributed by atoms with E-state index in [2.05, 4.69) is 55.6 Å². The lowest BCUT2D eigenvalue weighted by atomic mass is 10.0. The van der Waals surface area contributed by atoms with Gasteiger partial charge in [-0.3, -0.25) is 9.69 Å². The summed E-state index contributed by atoms with van der Waals surface area (Å²) in [4.78, 5) is 31.5. The first-order chi connectivity index (χ1) is 25.6. The molecule has 0 unspecified atom stereocenters. The van der Waals surface area contributed by atoms with Gasteiger partial charge in [-0.05, 0) is 89.3 Å². The van der Waals surface area contributed by atoms with Crippen LogP contribution in [0.5, 0.6) is 5.75 Å². The number of amides is 2. The molecule has 3 heterocycles. The van der Waals surface area contributed by atoms with Crippen molar-refractivity contribution in [1.82, 2.24) is 30.2 Å². The van der Waals surface area contributed by atoms with Crippen LogP contribution in [-0.4, -0.2) is 89.8 Å². The Kier molecular flexibility index (Phi) is 14.7. The molecule has 2 aromatic heterocycles. The number of ether oxygens (including phenoxy) is 3. The molecule has 0 spiro atoms. The number of carbonyl (C=O) groups is 2. The molecular weight excluding hydrogens is 672 g/mol. The van der Waals surface area contributed by atoms with Crippen molar-refractivity contribution in [3.63, 3.8) is 0 Å². The van der Waals surface area contributed by atoms with E-state index in [-0.39, 0.29) is 12.0 Å². The molecule has 5 rings (SSSR count). The Bertz CT molecular complexity index is 1730. The SMILES string of the molecule is Cc1noc(C)c1-c1ccc2c(c1)nc(CCc1ccc(OCCNC(=O)CCCCCCCNC(=O)OC(C)(C)C)cc1)n2CCN1CCOCC1. The van der Waals surface area contributed by atoms with Gasteiger partial charge in [-0.1, -0.05) is 42.6 Å². The van der Waals surface area contributed by atoms with Gasteiger partial charge >= 0.3 is 6.09 Å². The lowest BCUT2D eigenvalue weighted by Crippen LogP contribution is -2.38. The monoisotopic (exact) mass is 730 g/mol. The Morgan fingerprint density at radius 3 is 2.38 bits per heavy atom. The Morgan fingerprint density at radius 1 is 0.887 bits per heavy atom. The second-order valence-electron chi connectivity index (χ2n) is 14.8. The lowest BCUT2D eigenvalue weighted by Gasteiger charge is -2.27. The van der Waals surface area contributed by atoms with Gasteiger partial charge in [-0.15, -0.1) is 0 Å². The highest BCUT2D eigenvalue weighted by Gasteiger charge is 2.18. The van der Waals surface area contributed by atoms with Crippen LogP contribution < -0.4 is 15.4 Å². The van der Waals surface area contributed by atoms with Crippen LogP contribution in [0.3, 0.4) is 0 Å². The molecule has 53 heavy (non-hydrogen) atoms. The maximum Gasteiger partial charge on any atom is 0.407 e. The van der Waals surface area contributed by atoms with Gasteiger partial charge in [0, 0.05) is 51.1 Å². The minimum absolute atomic E-state index is 0.0476. The number of rotatable bonds is 19. The van der Waals surface area contributed by atoms with Gasteiger partial charge in [0.15, 0.2) is 0 Å². The molecule has 0 atom stereocenters. The Morgan fingerprint density at radius 2 is 1.64 bits per heavy atom. The zero-order chi connectivity index (χ0) is 37.6. The van der Waals surface area contributed by atoms with E-state index < -0.39 is 5.60 Å². The van der Waals surface area contributed by atoms with Gasteiger partial charge in [-0.25, -0.2) is 9.78 Å². The molecule has 1 saturated heterocycles. The molecule has 0 bridgehead atoms. The number of alkyl carbamates (subject to hydrolysis) is 1. The van der Waals surface area contributed by atoms with E-state index in [4.69, 9.17) is 23.7 Å². The largest absolute Gasteiger partial charge is 0.492 e. The maximum atomic E-state index is 12.3. The van der Waals surface area contributed by atoms with Crippen LogP contribution in [0.4, 0.5) is 4.79 Å². The van der Waals surface area contributed by atoms with Crippen molar-refractivity contribution in [3.05, 3.63) is 65.3 Å². The summed E-state index contributed by atoms with van der Waals surface area (Å²) < 4.78 is 24.5. The van der Waals surface area contributed by atoms with Crippen molar-refractivity contribution < 1.29 is 28.3 Å².